The number of carboxylic acid groups (broad SMARTS) is 1. The number of aliphatic carboxylic acids is 1. The third kappa shape index (κ3) is 3.37. The number of benzene rings is 2. The van der Waals surface area contributed by atoms with Gasteiger partial charge in [-0.3, -0.25) is 4.90 Å². The third-order valence-electron chi connectivity index (χ3n) is 7.25. The number of ether oxygens (including phenoxy) is 2. The molecule has 5 rings (SSSR count). The summed E-state index contributed by atoms with van der Waals surface area (Å²) in [5, 5.41) is 9.79. The fourth-order valence-corrected chi connectivity index (χ4v) is 5.90. The van der Waals surface area contributed by atoms with E-state index in [2.05, 4.69) is 38.1 Å². The largest absolute Gasteiger partial charge is 0.480 e. The molecule has 1 amide bonds. The molecule has 0 bridgehead atoms. The minimum Gasteiger partial charge on any atom is -0.480 e. The SMILES string of the molecule is CC1(C)CCCC2(C1)OCC(C(=O)O)N2C(=O)OCC1c2ccccc2-c2ccccc21. The Bertz CT molecular complexity index is 1020. The lowest BCUT2D eigenvalue weighted by molar-refractivity contribution is -0.147. The molecule has 1 spiro atoms. The van der Waals surface area contributed by atoms with Crippen LogP contribution in [0.15, 0.2) is 48.5 Å². The van der Waals surface area contributed by atoms with E-state index >= 15 is 0 Å². The molecule has 0 radical (unpaired) electrons. The Morgan fingerprint density at radius 2 is 1.69 bits per heavy atom. The molecule has 168 valence electrons. The van der Waals surface area contributed by atoms with E-state index in [4.69, 9.17) is 9.47 Å². The molecule has 1 aliphatic heterocycles. The Labute approximate surface area is 188 Å². The number of fused-ring (bicyclic) bond motifs is 3. The highest BCUT2D eigenvalue weighted by atomic mass is 16.6. The van der Waals surface area contributed by atoms with Crippen LogP contribution in [0.1, 0.15) is 56.6 Å². The number of carbonyl (C=O) groups excluding carboxylic acids is 1. The van der Waals surface area contributed by atoms with Crippen LogP contribution in [0.2, 0.25) is 0 Å². The molecule has 1 saturated heterocycles. The van der Waals surface area contributed by atoms with Crippen LogP contribution in [0.25, 0.3) is 11.1 Å². The minimum atomic E-state index is -1.06. The molecule has 2 unspecified atom stereocenters. The third-order valence-corrected chi connectivity index (χ3v) is 7.25. The predicted molar refractivity (Wildman–Crippen MR) is 119 cm³/mol. The zero-order chi connectivity index (χ0) is 22.5. The second kappa shape index (κ2) is 7.62. The lowest BCUT2D eigenvalue weighted by atomic mass is 9.72. The van der Waals surface area contributed by atoms with E-state index in [1.54, 1.807) is 0 Å². The van der Waals surface area contributed by atoms with E-state index in [-0.39, 0.29) is 24.5 Å². The van der Waals surface area contributed by atoms with Crippen LogP contribution < -0.4 is 0 Å². The maximum atomic E-state index is 13.4. The van der Waals surface area contributed by atoms with Crippen LogP contribution in [0.3, 0.4) is 0 Å². The average Bonchev–Trinajstić information content (AvgIpc) is 3.27. The zero-order valence-corrected chi connectivity index (χ0v) is 18.5. The molecule has 2 atom stereocenters. The topological polar surface area (TPSA) is 76.1 Å². The summed E-state index contributed by atoms with van der Waals surface area (Å²) in [6, 6.07) is 15.3. The van der Waals surface area contributed by atoms with Crippen LogP contribution in [0.4, 0.5) is 4.79 Å². The highest BCUT2D eigenvalue weighted by Gasteiger charge is 2.56. The van der Waals surface area contributed by atoms with E-state index in [1.807, 2.05) is 24.3 Å². The normalized spacial score (nSPS) is 26.1. The van der Waals surface area contributed by atoms with E-state index in [1.165, 1.54) is 4.90 Å². The van der Waals surface area contributed by atoms with Crippen LogP contribution in [0.5, 0.6) is 0 Å². The van der Waals surface area contributed by atoms with Gasteiger partial charge >= 0.3 is 12.1 Å². The number of rotatable bonds is 3. The summed E-state index contributed by atoms with van der Waals surface area (Å²) in [5.74, 6) is -1.13. The summed E-state index contributed by atoms with van der Waals surface area (Å²) in [6.45, 7) is 4.44. The summed E-state index contributed by atoms with van der Waals surface area (Å²) in [7, 11) is 0. The smallest absolute Gasteiger partial charge is 0.412 e. The monoisotopic (exact) mass is 435 g/mol. The fourth-order valence-electron chi connectivity index (χ4n) is 5.90. The highest BCUT2D eigenvalue weighted by molar-refractivity contribution is 5.82. The van der Waals surface area contributed by atoms with Crippen molar-refractivity contribution in [1.82, 2.24) is 4.90 Å². The maximum absolute atomic E-state index is 13.4. The van der Waals surface area contributed by atoms with Crippen molar-refractivity contribution in [3.8, 4) is 11.1 Å². The van der Waals surface area contributed by atoms with Crippen molar-refractivity contribution < 1.29 is 24.2 Å². The first kappa shape index (κ1) is 21.0. The minimum absolute atomic E-state index is 0.00436. The Hall–Kier alpha value is -2.86. The molecule has 1 saturated carbocycles. The molecule has 2 aromatic carbocycles. The second-order valence-corrected chi connectivity index (χ2v) is 9.98. The van der Waals surface area contributed by atoms with Gasteiger partial charge in [-0.05, 0) is 46.9 Å². The van der Waals surface area contributed by atoms with Gasteiger partial charge in [0.15, 0.2) is 6.04 Å². The van der Waals surface area contributed by atoms with Gasteiger partial charge in [0, 0.05) is 12.3 Å². The van der Waals surface area contributed by atoms with Crippen molar-refractivity contribution in [3.63, 3.8) is 0 Å². The molecule has 2 fully saturated rings. The number of hydrogen-bond donors (Lipinski definition) is 1. The van der Waals surface area contributed by atoms with Crippen LogP contribution >= 0.6 is 0 Å². The summed E-state index contributed by atoms with van der Waals surface area (Å²) in [6.07, 6.45) is 2.54. The van der Waals surface area contributed by atoms with Gasteiger partial charge in [-0.1, -0.05) is 62.4 Å². The Balaban J connectivity index is 1.41. The number of amides is 1. The van der Waals surface area contributed by atoms with Gasteiger partial charge in [0.05, 0.1) is 6.61 Å². The van der Waals surface area contributed by atoms with Gasteiger partial charge in [-0.15, -0.1) is 0 Å². The van der Waals surface area contributed by atoms with E-state index in [0.29, 0.717) is 12.8 Å². The summed E-state index contributed by atoms with van der Waals surface area (Å²) in [5.41, 5.74) is 3.62. The average molecular weight is 436 g/mol. The Morgan fingerprint density at radius 3 is 2.28 bits per heavy atom. The van der Waals surface area contributed by atoms with Crippen LogP contribution in [-0.4, -0.2) is 47.0 Å². The quantitative estimate of drug-likeness (QED) is 0.733. The van der Waals surface area contributed by atoms with Crippen molar-refractivity contribution in [2.45, 2.75) is 57.2 Å². The van der Waals surface area contributed by atoms with Crippen molar-refractivity contribution in [1.29, 1.82) is 0 Å². The predicted octanol–water partition coefficient (Wildman–Crippen LogP) is 5.02. The standard InChI is InChI=1S/C26H29NO5/c1-25(2)12-7-13-26(16-25)27(22(15-32-26)23(28)29)24(30)31-14-21-19-10-5-3-8-17(19)18-9-4-6-11-20(18)21/h3-6,8-11,21-22H,7,12-16H2,1-2H3,(H,28,29). The van der Waals surface area contributed by atoms with Gasteiger partial charge in [0.2, 0.25) is 0 Å². The molecule has 2 aliphatic carbocycles. The van der Waals surface area contributed by atoms with Gasteiger partial charge in [0.1, 0.15) is 12.3 Å². The first-order valence-electron chi connectivity index (χ1n) is 11.3. The van der Waals surface area contributed by atoms with Crippen molar-refractivity contribution in [3.05, 3.63) is 59.7 Å². The first-order chi connectivity index (χ1) is 15.3. The fraction of sp³-hybridized carbons (Fsp3) is 0.462. The lowest BCUT2D eigenvalue weighted by Gasteiger charge is -2.46. The Kier molecular flexibility index (Phi) is 5.01. The summed E-state index contributed by atoms with van der Waals surface area (Å²) in [4.78, 5) is 26.7. The number of nitrogens with zero attached hydrogens (tertiary/aromatic N) is 1. The zero-order valence-electron chi connectivity index (χ0n) is 18.5. The van der Waals surface area contributed by atoms with E-state index in [9.17, 15) is 14.7 Å². The molecule has 2 aromatic rings. The van der Waals surface area contributed by atoms with Gasteiger partial charge < -0.3 is 14.6 Å². The number of carbonyl (C=O) groups is 2. The second-order valence-electron chi connectivity index (χ2n) is 9.98. The molecule has 6 heteroatoms. The van der Waals surface area contributed by atoms with Crippen molar-refractivity contribution in [2.75, 3.05) is 13.2 Å². The van der Waals surface area contributed by atoms with Gasteiger partial charge in [0.25, 0.3) is 0 Å². The lowest BCUT2D eigenvalue weighted by Crippen LogP contribution is -2.56. The van der Waals surface area contributed by atoms with E-state index < -0.39 is 23.8 Å². The molecule has 32 heavy (non-hydrogen) atoms. The van der Waals surface area contributed by atoms with Crippen molar-refractivity contribution >= 4 is 12.1 Å². The van der Waals surface area contributed by atoms with E-state index in [0.717, 1.165) is 35.1 Å². The molecule has 1 N–H and O–H groups in total. The van der Waals surface area contributed by atoms with Crippen molar-refractivity contribution in [2.24, 2.45) is 5.41 Å². The molecular formula is C26H29NO5. The van der Waals surface area contributed by atoms with Gasteiger partial charge in [-0.2, -0.15) is 0 Å². The highest BCUT2D eigenvalue weighted by Crippen LogP contribution is 2.49. The molecule has 1 heterocycles. The van der Waals surface area contributed by atoms with Gasteiger partial charge in [-0.25, -0.2) is 9.59 Å². The summed E-state index contributed by atoms with van der Waals surface area (Å²) < 4.78 is 11.9. The number of hydrogen-bond acceptors (Lipinski definition) is 4. The number of carboxylic acids is 1. The first-order valence-corrected chi connectivity index (χ1v) is 11.3. The van der Waals surface area contributed by atoms with Crippen LogP contribution in [0, 0.1) is 5.41 Å². The molecule has 3 aliphatic rings. The molecule has 6 nitrogen and oxygen atoms in total. The maximum Gasteiger partial charge on any atom is 0.412 e. The Morgan fingerprint density at radius 1 is 1.06 bits per heavy atom. The molecular weight excluding hydrogens is 406 g/mol. The van der Waals surface area contributed by atoms with Crippen LogP contribution in [-0.2, 0) is 14.3 Å². The summed E-state index contributed by atoms with van der Waals surface area (Å²) >= 11 is 0. The molecule has 0 aromatic heterocycles.